The van der Waals surface area contributed by atoms with Crippen LogP contribution in [0.4, 0.5) is 0 Å². The molecule has 0 aromatic carbocycles. The van der Waals surface area contributed by atoms with Gasteiger partial charge in [0.25, 0.3) is 0 Å². The summed E-state index contributed by atoms with van der Waals surface area (Å²) in [5.74, 6) is 0.0722. The van der Waals surface area contributed by atoms with Gasteiger partial charge in [-0.1, -0.05) is 6.08 Å². The number of carbonyl (C=O) groups excluding carboxylic acids is 2. The van der Waals surface area contributed by atoms with Gasteiger partial charge in [0.1, 0.15) is 0 Å². The fraction of sp³-hybridized carbons (Fsp3) is 0.600. The van der Waals surface area contributed by atoms with E-state index in [0.717, 1.165) is 0 Å². The molecule has 1 fully saturated rings. The van der Waals surface area contributed by atoms with Crippen LogP contribution in [0.1, 0.15) is 12.8 Å². The Morgan fingerprint density at radius 2 is 2.50 bits per heavy atom. The Bertz CT molecular complexity index is 241. The van der Waals surface area contributed by atoms with Crippen molar-refractivity contribution >= 4 is 11.8 Å². The molecule has 0 aliphatic carbocycles. The van der Waals surface area contributed by atoms with E-state index < -0.39 is 0 Å². The topological polar surface area (TPSA) is 49.4 Å². The van der Waals surface area contributed by atoms with Crippen molar-refractivity contribution in [2.24, 2.45) is 5.92 Å². The summed E-state index contributed by atoms with van der Waals surface area (Å²) >= 11 is 0. The molecule has 1 heterocycles. The minimum atomic E-state index is -0.0577. The quantitative estimate of drug-likeness (QED) is 0.653. The summed E-state index contributed by atoms with van der Waals surface area (Å²) in [6.45, 7) is 4.61. The number of nitrogens with one attached hydrogen (secondary N) is 1. The van der Waals surface area contributed by atoms with Gasteiger partial charge in [-0.2, -0.15) is 0 Å². The summed E-state index contributed by atoms with van der Waals surface area (Å²) in [7, 11) is 1.75. The maximum Gasteiger partial charge on any atom is 0.227 e. The molecule has 1 aliphatic rings. The monoisotopic (exact) mass is 196 g/mol. The highest BCUT2D eigenvalue weighted by Crippen LogP contribution is 2.13. The van der Waals surface area contributed by atoms with Crippen molar-refractivity contribution in [3.8, 4) is 0 Å². The Morgan fingerprint density at radius 1 is 1.79 bits per heavy atom. The number of carbonyl (C=O) groups is 2. The predicted octanol–water partition coefficient (Wildman–Crippen LogP) is 0.157. The van der Waals surface area contributed by atoms with Crippen molar-refractivity contribution in [1.82, 2.24) is 10.2 Å². The zero-order valence-electron chi connectivity index (χ0n) is 8.45. The molecule has 0 radical (unpaired) electrons. The molecule has 0 bridgehead atoms. The van der Waals surface area contributed by atoms with Gasteiger partial charge in [0, 0.05) is 26.6 Å². The van der Waals surface area contributed by atoms with E-state index in [0.29, 0.717) is 25.9 Å². The van der Waals surface area contributed by atoms with Gasteiger partial charge >= 0.3 is 0 Å². The number of amides is 2. The number of nitrogens with zero attached hydrogens (tertiary/aromatic N) is 1. The summed E-state index contributed by atoms with van der Waals surface area (Å²) in [5.41, 5.74) is 0. The van der Waals surface area contributed by atoms with Crippen molar-refractivity contribution in [2.45, 2.75) is 12.8 Å². The Morgan fingerprint density at radius 3 is 3.00 bits per heavy atom. The highest BCUT2D eigenvalue weighted by Gasteiger charge is 2.26. The first-order valence-corrected chi connectivity index (χ1v) is 4.77. The predicted molar refractivity (Wildman–Crippen MR) is 53.6 cm³/mol. The fourth-order valence-electron chi connectivity index (χ4n) is 1.54. The molecule has 0 spiro atoms. The number of hydrogen-bond acceptors (Lipinski definition) is 2. The highest BCUT2D eigenvalue weighted by atomic mass is 16.2. The smallest absolute Gasteiger partial charge is 0.227 e. The molecule has 1 rings (SSSR count). The van der Waals surface area contributed by atoms with E-state index in [1.165, 1.54) is 0 Å². The molecule has 1 saturated heterocycles. The van der Waals surface area contributed by atoms with Crippen LogP contribution in [0.15, 0.2) is 12.7 Å². The Balaban J connectivity index is 2.44. The lowest BCUT2D eigenvalue weighted by Crippen LogP contribution is -2.43. The minimum absolute atomic E-state index is 0.0421. The molecular formula is C10H16N2O2. The van der Waals surface area contributed by atoms with Gasteiger partial charge in [0.05, 0.1) is 5.92 Å². The first-order valence-electron chi connectivity index (χ1n) is 4.77. The third kappa shape index (κ3) is 2.58. The van der Waals surface area contributed by atoms with Gasteiger partial charge in [-0.3, -0.25) is 9.59 Å². The zero-order valence-corrected chi connectivity index (χ0v) is 8.45. The number of likely N-dealkylation sites (N-methyl/N-ethyl adjacent to an activating group) is 1. The largest absolute Gasteiger partial charge is 0.355 e. The molecular weight excluding hydrogens is 180 g/mol. The summed E-state index contributed by atoms with van der Waals surface area (Å²) in [5, 5.41) is 2.70. The van der Waals surface area contributed by atoms with Gasteiger partial charge in [0.15, 0.2) is 0 Å². The highest BCUT2D eigenvalue weighted by molar-refractivity contribution is 5.83. The van der Waals surface area contributed by atoms with E-state index in [4.69, 9.17) is 0 Å². The zero-order chi connectivity index (χ0) is 10.6. The minimum Gasteiger partial charge on any atom is -0.355 e. The molecule has 0 saturated carbocycles. The van der Waals surface area contributed by atoms with E-state index in [1.54, 1.807) is 18.0 Å². The van der Waals surface area contributed by atoms with Crippen LogP contribution >= 0.6 is 0 Å². The second-order valence-electron chi connectivity index (χ2n) is 3.55. The number of rotatable bonds is 3. The standard InChI is InChI=1S/C10H16N2O2/c1-3-6-12(2)10(14)8-4-5-9(13)11-7-8/h3,8H,1,4-7H2,2H3,(H,11,13). The second-order valence-corrected chi connectivity index (χ2v) is 3.55. The normalized spacial score (nSPS) is 21.2. The summed E-state index contributed by atoms with van der Waals surface area (Å²) < 4.78 is 0. The van der Waals surface area contributed by atoms with E-state index in [2.05, 4.69) is 11.9 Å². The molecule has 78 valence electrons. The van der Waals surface area contributed by atoms with Crippen molar-refractivity contribution in [3.05, 3.63) is 12.7 Å². The van der Waals surface area contributed by atoms with E-state index in [1.807, 2.05) is 0 Å². The Hall–Kier alpha value is -1.32. The van der Waals surface area contributed by atoms with E-state index >= 15 is 0 Å². The van der Waals surface area contributed by atoms with Crippen LogP contribution < -0.4 is 5.32 Å². The Kier molecular flexibility index (Phi) is 3.68. The van der Waals surface area contributed by atoms with Crippen LogP contribution in [0, 0.1) is 5.92 Å². The lowest BCUT2D eigenvalue weighted by atomic mass is 9.98. The molecule has 2 amide bonds. The van der Waals surface area contributed by atoms with Crippen LogP contribution in [0.25, 0.3) is 0 Å². The average Bonchev–Trinajstić information content (AvgIpc) is 2.18. The lowest BCUT2D eigenvalue weighted by Gasteiger charge is -2.25. The molecule has 4 heteroatoms. The maximum atomic E-state index is 11.7. The summed E-state index contributed by atoms with van der Waals surface area (Å²) in [6.07, 6.45) is 2.81. The average molecular weight is 196 g/mol. The van der Waals surface area contributed by atoms with E-state index in [-0.39, 0.29) is 17.7 Å². The lowest BCUT2D eigenvalue weighted by molar-refractivity contribution is -0.135. The van der Waals surface area contributed by atoms with Crippen molar-refractivity contribution in [3.63, 3.8) is 0 Å². The summed E-state index contributed by atoms with van der Waals surface area (Å²) in [6, 6.07) is 0. The van der Waals surface area contributed by atoms with Crippen molar-refractivity contribution in [1.29, 1.82) is 0 Å². The maximum absolute atomic E-state index is 11.7. The number of hydrogen-bond donors (Lipinski definition) is 1. The van der Waals surface area contributed by atoms with Crippen LogP contribution in [-0.4, -0.2) is 36.9 Å². The first-order chi connectivity index (χ1) is 6.65. The molecule has 0 aromatic heterocycles. The third-order valence-electron chi connectivity index (χ3n) is 2.39. The van der Waals surface area contributed by atoms with Crippen LogP contribution in [0.5, 0.6) is 0 Å². The van der Waals surface area contributed by atoms with Crippen LogP contribution in [-0.2, 0) is 9.59 Å². The molecule has 1 unspecified atom stereocenters. The van der Waals surface area contributed by atoms with Crippen molar-refractivity contribution in [2.75, 3.05) is 20.1 Å². The third-order valence-corrected chi connectivity index (χ3v) is 2.39. The van der Waals surface area contributed by atoms with Crippen LogP contribution in [0.2, 0.25) is 0 Å². The fourth-order valence-corrected chi connectivity index (χ4v) is 1.54. The molecule has 4 nitrogen and oxygen atoms in total. The van der Waals surface area contributed by atoms with E-state index in [9.17, 15) is 9.59 Å². The molecule has 14 heavy (non-hydrogen) atoms. The first kappa shape index (κ1) is 10.8. The second kappa shape index (κ2) is 4.79. The molecule has 1 N–H and O–H groups in total. The molecule has 0 aromatic rings. The van der Waals surface area contributed by atoms with Crippen molar-refractivity contribution < 1.29 is 9.59 Å². The summed E-state index contributed by atoms with van der Waals surface area (Å²) in [4.78, 5) is 24.2. The number of piperidine rings is 1. The van der Waals surface area contributed by atoms with Gasteiger partial charge in [-0.15, -0.1) is 6.58 Å². The van der Waals surface area contributed by atoms with Gasteiger partial charge < -0.3 is 10.2 Å². The van der Waals surface area contributed by atoms with Gasteiger partial charge in [-0.05, 0) is 6.42 Å². The SMILES string of the molecule is C=CCN(C)C(=O)C1CCC(=O)NC1. The van der Waals surface area contributed by atoms with Crippen LogP contribution in [0.3, 0.4) is 0 Å². The van der Waals surface area contributed by atoms with Gasteiger partial charge in [0.2, 0.25) is 11.8 Å². The molecule has 1 atom stereocenters. The molecule has 1 aliphatic heterocycles. The Labute approximate surface area is 84.0 Å². The van der Waals surface area contributed by atoms with Gasteiger partial charge in [-0.25, -0.2) is 0 Å².